The zero-order valence-corrected chi connectivity index (χ0v) is 9.96. The summed E-state index contributed by atoms with van der Waals surface area (Å²) >= 11 is 3.40. The molecule has 0 aliphatic carbocycles. The highest BCUT2D eigenvalue weighted by atomic mass is 32.2. The number of aromatic nitrogens is 5. The van der Waals surface area contributed by atoms with Gasteiger partial charge in [-0.1, -0.05) is 23.1 Å². The molecular formula is C8H11N5S2. The van der Waals surface area contributed by atoms with Crippen molar-refractivity contribution in [3.05, 3.63) is 17.7 Å². The Morgan fingerprint density at radius 3 is 2.80 bits per heavy atom. The Kier molecular flexibility index (Phi) is 3.68. The van der Waals surface area contributed by atoms with Gasteiger partial charge < -0.3 is 4.57 Å². The van der Waals surface area contributed by atoms with Crippen LogP contribution in [0.3, 0.4) is 0 Å². The molecule has 2 heterocycles. The smallest absolute Gasteiger partial charge is 0.174 e. The zero-order chi connectivity index (χ0) is 10.5. The summed E-state index contributed by atoms with van der Waals surface area (Å²) in [6, 6.07) is 0. The maximum Gasteiger partial charge on any atom is 0.174 e. The average Bonchev–Trinajstić information content (AvgIpc) is 2.84. The third kappa shape index (κ3) is 3.28. The third-order valence-electron chi connectivity index (χ3n) is 1.76. The van der Waals surface area contributed by atoms with E-state index in [2.05, 4.69) is 20.4 Å². The second-order valence-corrected chi connectivity index (χ2v) is 5.51. The summed E-state index contributed by atoms with van der Waals surface area (Å²) in [5, 5.41) is 16.5. The minimum Gasteiger partial charge on any atom is -0.320 e. The van der Waals surface area contributed by atoms with Crippen molar-refractivity contribution in [3.63, 3.8) is 0 Å². The molecule has 0 fully saturated rings. The molecule has 0 bridgehead atoms. The first kappa shape index (κ1) is 10.6. The Bertz CT molecular complexity index is 397. The molecule has 0 radical (unpaired) electrons. The second-order valence-electron chi connectivity index (χ2n) is 2.99. The standard InChI is InChI=1S/C8H11N5S2/c1-7-11-12-8(15-7)14-4-2-3-13-5-9-10-6-13/h5-6H,2-4H2,1H3. The van der Waals surface area contributed by atoms with Gasteiger partial charge in [0.15, 0.2) is 4.34 Å². The summed E-state index contributed by atoms with van der Waals surface area (Å²) in [7, 11) is 0. The number of hydrogen-bond acceptors (Lipinski definition) is 6. The fourth-order valence-corrected chi connectivity index (χ4v) is 2.89. The van der Waals surface area contributed by atoms with Crippen molar-refractivity contribution in [1.82, 2.24) is 25.0 Å². The molecular weight excluding hydrogens is 230 g/mol. The number of rotatable bonds is 5. The van der Waals surface area contributed by atoms with E-state index in [1.807, 2.05) is 11.5 Å². The molecule has 0 unspecified atom stereocenters. The van der Waals surface area contributed by atoms with E-state index in [-0.39, 0.29) is 0 Å². The first-order chi connectivity index (χ1) is 7.34. The summed E-state index contributed by atoms with van der Waals surface area (Å²) in [6.07, 6.45) is 4.56. The normalized spacial score (nSPS) is 10.7. The van der Waals surface area contributed by atoms with E-state index in [0.717, 1.165) is 28.1 Å². The first-order valence-corrected chi connectivity index (χ1v) is 6.40. The van der Waals surface area contributed by atoms with Gasteiger partial charge >= 0.3 is 0 Å². The van der Waals surface area contributed by atoms with Crippen LogP contribution in [0.15, 0.2) is 17.0 Å². The van der Waals surface area contributed by atoms with E-state index in [9.17, 15) is 0 Å². The Balaban J connectivity index is 1.67. The minimum atomic E-state index is 0.956. The van der Waals surface area contributed by atoms with Gasteiger partial charge in [-0.05, 0) is 13.3 Å². The summed E-state index contributed by atoms with van der Waals surface area (Å²) in [5.74, 6) is 1.05. The Morgan fingerprint density at radius 2 is 2.13 bits per heavy atom. The lowest BCUT2D eigenvalue weighted by Crippen LogP contribution is -1.95. The predicted octanol–water partition coefficient (Wildman–Crippen LogP) is 1.62. The van der Waals surface area contributed by atoms with Crippen LogP contribution in [0.1, 0.15) is 11.4 Å². The van der Waals surface area contributed by atoms with Gasteiger partial charge in [-0.2, -0.15) is 0 Å². The monoisotopic (exact) mass is 241 g/mol. The molecule has 2 aromatic rings. The number of hydrogen-bond donors (Lipinski definition) is 0. The van der Waals surface area contributed by atoms with Gasteiger partial charge in [-0.25, -0.2) is 0 Å². The maximum atomic E-state index is 4.05. The van der Waals surface area contributed by atoms with Crippen molar-refractivity contribution in [3.8, 4) is 0 Å². The minimum absolute atomic E-state index is 0.956. The lowest BCUT2D eigenvalue weighted by atomic mass is 10.5. The summed E-state index contributed by atoms with van der Waals surface area (Å²) in [5.41, 5.74) is 0. The largest absolute Gasteiger partial charge is 0.320 e. The van der Waals surface area contributed by atoms with Crippen molar-refractivity contribution >= 4 is 23.1 Å². The topological polar surface area (TPSA) is 56.5 Å². The van der Waals surface area contributed by atoms with Crippen LogP contribution < -0.4 is 0 Å². The van der Waals surface area contributed by atoms with Crippen molar-refractivity contribution in [2.75, 3.05) is 5.75 Å². The van der Waals surface area contributed by atoms with Gasteiger partial charge in [0.25, 0.3) is 0 Å². The van der Waals surface area contributed by atoms with Crippen molar-refractivity contribution in [1.29, 1.82) is 0 Å². The number of aryl methyl sites for hydroxylation is 2. The molecule has 0 saturated carbocycles. The Hall–Kier alpha value is -0.950. The van der Waals surface area contributed by atoms with Crippen LogP contribution in [0.25, 0.3) is 0 Å². The molecule has 2 aromatic heterocycles. The van der Waals surface area contributed by atoms with Crippen molar-refractivity contribution in [2.24, 2.45) is 0 Å². The van der Waals surface area contributed by atoms with Crippen LogP contribution in [0.4, 0.5) is 0 Å². The van der Waals surface area contributed by atoms with Gasteiger partial charge in [0.2, 0.25) is 0 Å². The van der Waals surface area contributed by atoms with Crippen molar-refractivity contribution in [2.45, 2.75) is 24.2 Å². The molecule has 0 aliphatic rings. The highest BCUT2D eigenvalue weighted by molar-refractivity contribution is 8.01. The highest BCUT2D eigenvalue weighted by Gasteiger charge is 2.00. The Labute approximate surface area is 95.9 Å². The van der Waals surface area contributed by atoms with E-state index in [4.69, 9.17) is 0 Å². The third-order valence-corrected chi connectivity index (χ3v) is 3.82. The van der Waals surface area contributed by atoms with Gasteiger partial charge in [-0.3, -0.25) is 0 Å². The van der Waals surface area contributed by atoms with Crippen LogP contribution in [0.5, 0.6) is 0 Å². The predicted molar refractivity (Wildman–Crippen MR) is 60.0 cm³/mol. The molecule has 2 rings (SSSR count). The fraction of sp³-hybridized carbons (Fsp3) is 0.500. The van der Waals surface area contributed by atoms with E-state index in [1.54, 1.807) is 35.8 Å². The molecule has 0 saturated heterocycles. The number of thioether (sulfide) groups is 1. The highest BCUT2D eigenvalue weighted by Crippen LogP contribution is 2.22. The van der Waals surface area contributed by atoms with E-state index in [1.165, 1.54) is 0 Å². The molecule has 5 nitrogen and oxygen atoms in total. The number of nitrogens with zero attached hydrogens (tertiary/aromatic N) is 5. The fourth-order valence-electron chi connectivity index (χ4n) is 1.08. The van der Waals surface area contributed by atoms with Gasteiger partial charge in [-0.15, -0.1) is 20.4 Å². The van der Waals surface area contributed by atoms with Crippen molar-refractivity contribution < 1.29 is 0 Å². The summed E-state index contributed by atoms with van der Waals surface area (Å²) < 4.78 is 3.03. The molecule has 0 spiro atoms. The molecule has 0 N–H and O–H groups in total. The zero-order valence-electron chi connectivity index (χ0n) is 8.33. The van der Waals surface area contributed by atoms with E-state index >= 15 is 0 Å². The molecule has 80 valence electrons. The van der Waals surface area contributed by atoms with Crippen LogP contribution in [-0.2, 0) is 6.54 Å². The van der Waals surface area contributed by atoms with Gasteiger partial charge in [0, 0.05) is 12.3 Å². The summed E-state index contributed by atoms with van der Waals surface area (Å²) in [4.78, 5) is 0. The van der Waals surface area contributed by atoms with Crippen LogP contribution in [-0.4, -0.2) is 30.7 Å². The lowest BCUT2D eigenvalue weighted by molar-refractivity contribution is 0.681. The van der Waals surface area contributed by atoms with Gasteiger partial charge in [0.05, 0.1) is 0 Å². The molecule has 0 aromatic carbocycles. The molecule has 0 amide bonds. The first-order valence-electron chi connectivity index (χ1n) is 4.60. The maximum absolute atomic E-state index is 4.05. The van der Waals surface area contributed by atoms with Crippen LogP contribution >= 0.6 is 23.1 Å². The molecule has 0 atom stereocenters. The summed E-state index contributed by atoms with van der Waals surface area (Å²) in [6.45, 7) is 2.93. The van der Waals surface area contributed by atoms with E-state index < -0.39 is 0 Å². The molecule has 7 heteroatoms. The van der Waals surface area contributed by atoms with Gasteiger partial charge in [0.1, 0.15) is 17.7 Å². The van der Waals surface area contributed by atoms with E-state index in [0.29, 0.717) is 0 Å². The second kappa shape index (κ2) is 5.22. The molecule has 0 aliphatic heterocycles. The Morgan fingerprint density at radius 1 is 1.33 bits per heavy atom. The average molecular weight is 241 g/mol. The van der Waals surface area contributed by atoms with Crippen LogP contribution in [0.2, 0.25) is 0 Å². The SMILES string of the molecule is Cc1nnc(SCCCn2cnnc2)s1. The lowest BCUT2D eigenvalue weighted by Gasteiger charge is -1.98. The quantitative estimate of drug-likeness (QED) is 0.588. The molecule has 15 heavy (non-hydrogen) atoms. The van der Waals surface area contributed by atoms with Crippen LogP contribution in [0, 0.1) is 6.92 Å².